The van der Waals surface area contributed by atoms with Gasteiger partial charge in [0.05, 0.1) is 5.56 Å². The predicted molar refractivity (Wildman–Crippen MR) is 94.3 cm³/mol. The largest absolute Gasteiger partial charge is 0.322 e. The van der Waals surface area contributed by atoms with Crippen LogP contribution in [0.15, 0.2) is 47.8 Å². The Morgan fingerprint density at radius 2 is 2.08 bits per heavy atom. The second kappa shape index (κ2) is 7.46. The van der Waals surface area contributed by atoms with E-state index in [9.17, 15) is 4.79 Å². The average Bonchev–Trinajstić information content (AvgIpc) is 3.00. The highest BCUT2D eigenvalue weighted by atomic mass is 35.5. The molecule has 3 rings (SSSR count). The van der Waals surface area contributed by atoms with Gasteiger partial charge in [0.25, 0.3) is 5.91 Å². The first kappa shape index (κ1) is 16.5. The second-order valence-electron chi connectivity index (χ2n) is 4.98. The maximum atomic E-state index is 12.2. The van der Waals surface area contributed by atoms with Crippen LogP contribution in [0.3, 0.4) is 0 Å². The highest BCUT2D eigenvalue weighted by Gasteiger charge is 2.10. The van der Waals surface area contributed by atoms with E-state index in [0.29, 0.717) is 11.3 Å². The van der Waals surface area contributed by atoms with E-state index in [1.54, 1.807) is 30.1 Å². The van der Waals surface area contributed by atoms with Gasteiger partial charge in [0.2, 0.25) is 5.16 Å². The van der Waals surface area contributed by atoms with E-state index >= 15 is 0 Å². The molecule has 2 heterocycles. The number of aromatic amines is 1. The molecule has 0 saturated heterocycles. The van der Waals surface area contributed by atoms with E-state index in [0.717, 1.165) is 22.3 Å². The summed E-state index contributed by atoms with van der Waals surface area (Å²) in [5.74, 6) is 1.26. The number of amides is 1. The number of H-pyrrole nitrogens is 1. The van der Waals surface area contributed by atoms with Gasteiger partial charge < -0.3 is 5.32 Å². The summed E-state index contributed by atoms with van der Waals surface area (Å²) < 4.78 is 0. The van der Waals surface area contributed by atoms with E-state index < -0.39 is 0 Å². The molecule has 2 aromatic heterocycles. The van der Waals surface area contributed by atoms with Gasteiger partial charge in [-0.15, -0.1) is 5.10 Å². The number of halogens is 1. The second-order valence-corrected chi connectivity index (χ2v) is 6.29. The van der Waals surface area contributed by atoms with Crippen molar-refractivity contribution in [2.75, 3.05) is 5.32 Å². The highest BCUT2D eigenvalue weighted by Crippen LogP contribution is 2.21. The lowest BCUT2D eigenvalue weighted by atomic mass is 10.2. The molecule has 122 valence electrons. The number of thioether (sulfide) groups is 1. The Labute approximate surface area is 148 Å². The minimum absolute atomic E-state index is 0.185. The lowest BCUT2D eigenvalue weighted by molar-refractivity contribution is 0.102. The lowest BCUT2D eigenvalue weighted by Gasteiger charge is -2.07. The molecule has 0 atom stereocenters. The van der Waals surface area contributed by atoms with Crippen molar-refractivity contribution in [1.82, 2.24) is 20.2 Å². The molecule has 8 heteroatoms. The van der Waals surface area contributed by atoms with E-state index in [1.807, 2.05) is 31.2 Å². The monoisotopic (exact) mass is 359 g/mol. The minimum Gasteiger partial charge on any atom is -0.322 e. The first-order chi connectivity index (χ1) is 11.6. The Kier molecular flexibility index (Phi) is 5.12. The number of anilines is 1. The van der Waals surface area contributed by atoms with Gasteiger partial charge in [-0.2, -0.15) is 0 Å². The SMILES string of the molecule is Cc1nc(SCc2ccc(NC(=O)c3cccnc3Cl)cc2)n[nH]1. The zero-order valence-electron chi connectivity index (χ0n) is 12.8. The number of carbonyl (C=O) groups excluding carboxylic acids is 1. The van der Waals surface area contributed by atoms with Crippen molar-refractivity contribution in [3.05, 3.63) is 64.7 Å². The summed E-state index contributed by atoms with van der Waals surface area (Å²) in [4.78, 5) is 20.3. The van der Waals surface area contributed by atoms with Crippen LogP contribution in [0.25, 0.3) is 0 Å². The molecular formula is C16H14ClN5OS. The standard InChI is InChI=1S/C16H14ClN5OS/c1-10-19-16(22-21-10)24-9-11-4-6-12(7-5-11)20-15(23)13-3-2-8-18-14(13)17/h2-8H,9H2,1H3,(H,20,23)(H,19,21,22). The lowest BCUT2D eigenvalue weighted by Crippen LogP contribution is -2.12. The summed E-state index contributed by atoms with van der Waals surface area (Å²) in [7, 11) is 0. The van der Waals surface area contributed by atoms with E-state index in [4.69, 9.17) is 11.6 Å². The molecule has 0 fully saturated rings. The number of benzene rings is 1. The fraction of sp³-hybridized carbons (Fsp3) is 0.125. The summed E-state index contributed by atoms with van der Waals surface area (Å²) in [5.41, 5.74) is 2.15. The van der Waals surface area contributed by atoms with Crippen LogP contribution >= 0.6 is 23.4 Å². The molecule has 1 amide bonds. The molecule has 0 spiro atoms. The Balaban J connectivity index is 1.60. The average molecular weight is 360 g/mol. The van der Waals surface area contributed by atoms with Gasteiger partial charge in [-0.1, -0.05) is 35.5 Å². The van der Waals surface area contributed by atoms with Crippen molar-refractivity contribution in [1.29, 1.82) is 0 Å². The van der Waals surface area contributed by atoms with Crippen molar-refractivity contribution >= 4 is 35.0 Å². The third-order valence-electron chi connectivity index (χ3n) is 3.16. The zero-order chi connectivity index (χ0) is 16.9. The van der Waals surface area contributed by atoms with Crippen molar-refractivity contribution in [3.63, 3.8) is 0 Å². The summed E-state index contributed by atoms with van der Waals surface area (Å²) in [6.07, 6.45) is 1.54. The topological polar surface area (TPSA) is 83.6 Å². The molecule has 0 aliphatic carbocycles. The molecule has 1 aromatic carbocycles. The molecule has 0 unspecified atom stereocenters. The summed E-state index contributed by atoms with van der Waals surface area (Å²) in [6.45, 7) is 1.86. The van der Waals surface area contributed by atoms with Gasteiger partial charge in [0.1, 0.15) is 11.0 Å². The van der Waals surface area contributed by atoms with E-state index in [1.165, 1.54) is 0 Å². The minimum atomic E-state index is -0.286. The van der Waals surface area contributed by atoms with Gasteiger partial charge in [-0.25, -0.2) is 9.97 Å². The fourth-order valence-corrected chi connectivity index (χ4v) is 2.98. The maximum Gasteiger partial charge on any atom is 0.258 e. The van der Waals surface area contributed by atoms with Crippen LogP contribution in [0.4, 0.5) is 5.69 Å². The summed E-state index contributed by atoms with van der Waals surface area (Å²) >= 11 is 7.47. The van der Waals surface area contributed by atoms with Crippen LogP contribution in [-0.2, 0) is 5.75 Å². The maximum absolute atomic E-state index is 12.2. The van der Waals surface area contributed by atoms with Crippen molar-refractivity contribution in [2.24, 2.45) is 0 Å². The molecule has 0 bridgehead atoms. The quantitative estimate of drug-likeness (QED) is 0.536. The molecule has 0 aliphatic heterocycles. The van der Waals surface area contributed by atoms with Gasteiger partial charge in [-0.3, -0.25) is 9.89 Å². The molecule has 0 saturated carbocycles. The van der Waals surface area contributed by atoms with Crippen LogP contribution in [0.1, 0.15) is 21.7 Å². The van der Waals surface area contributed by atoms with Gasteiger partial charge in [0.15, 0.2) is 0 Å². The number of aromatic nitrogens is 4. The first-order valence-corrected chi connectivity index (χ1v) is 8.51. The van der Waals surface area contributed by atoms with E-state index in [2.05, 4.69) is 25.5 Å². The van der Waals surface area contributed by atoms with Crippen LogP contribution in [0, 0.1) is 6.92 Å². The van der Waals surface area contributed by atoms with Gasteiger partial charge in [0, 0.05) is 17.6 Å². The first-order valence-electron chi connectivity index (χ1n) is 7.14. The summed E-state index contributed by atoms with van der Waals surface area (Å²) in [5, 5.41) is 10.6. The van der Waals surface area contributed by atoms with Crippen molar-refractivity contribution in [3.8, 4) is 0 Å². The molecule has 6 nitrogen and oxygen atoms in total. The molecule has 2 N–H and O–H groups in total. The van der Waals surface area contributed by atoms with Crippen LogP contribution in [-0.4, -0.2) is 26.1 Å². The molecule has 0 aliphatic rings. The predicted octanol–water partition coefficient (Wildman–Crippen LogP) is 3.71. The van der Waals surface area contributed by atoms with Gasteiger partial charge in [-0.05, 0) is 36.8 Å². The van der Waals surface area contributed by atoms with Crippen LogP contribution in [0.5, 0.6) is 0 Å². The van der Waals surface area contributed by atoms with Crippen molar-refractivity contribution < 1.29 is 4.79 Å². The molecular weight excluding hydrogens is 346 g/mol. The molecule has 3 aromatic rings. The number of hydrogen-bond donors (Lipinski definition) is 2. The molecule has 24 heavy (non-hydrogen) atoms. The molecule has 0 radical (unpaired) electrons. The number of pyridine rings is 1. The highest BCUT2D eigenvalue weighted by molar-refractivity contribution is 7.98. The summed E-state index contributed by atoms with van der Waals surface area (Å²) in [6, 6.07) is 10.9. The van der Waals surface area contributed by atoms with Crippen LogP contribution in [0.2, 0.25) is 5.15 Å². The van der Waals surface area contributed by atoms with Crippen molar-refractivity contribution in [2.45, 2.75) is 17.8 Å². The number of carbonyl (C=O) groups is 1. The smallest absolute Gasteiger partial charge is 0.258 e. The van der Waals surface area contributed by atoms with Gasteiger partial charge >= 0.3 is 0 Å². The number of nitrogens with zero attached hydrogens (tertiary/aromatic N) is 3. The number of aryl methyl sites for hydroxylation is 1. The third-order valence-corrected chi connectivity index (χ3v) is 4.38. The van der Waals surface area contributed by atoms with E-state index in [-0.39, 0.29) is 11.1 Å². The number of rotatable bonds is 5. The zero-order valence-corrected chi connectivity index (χ0v) is 14.4. The number of hydrogen-bond acceptors (Lipinski definition) is 5. The Morgan fingerprint density at radius 3 is 2.75 bits per heavy atom. The van der Waals surface area contributed by atoms with Crippen LogP contribution < -0.4 is 5.32 Å². The Morgan fingerprint density at radius 1 is 1.29 bits per heavy atom. The Bertz CT molecular complexity index is 850. The Hall–Kier alpha value is -2.38. The normalized spacial score (nSPS) is 10.6. The third kappa shape index (κ3) is 4.12. The number of nitrogens with one attached hydrogen (secondary N) is 2. The fourth-order valence-electron chi connectivity index (χ4n) is 1.97.